The molecule has 0 aliphatic carbocycles. The van der Waals surface area contributed by atoms with Gasteiger partial charge in [-0.2, -0.15) is 0 Å². The van der Waals surface area contributed by atoms with Crippen molar-refractivity contribution in [2.75, 3.05) is 13.2 Å². The number of hydrogen-bond acceptors (Lipinski definition) is 5. The van der Waals surface area contributed by atoms with Crippen molar-refractivity contribution in [3.05, 3.63) is 11.1 Å². The molecule has 0 spiro atoms. The van der Waals surface area contributed by atoms with Crippen molar-refractivity contribution in [3.8, 4) is 0 Å². The molecule has 1 saturated heterocycles. The first kappa shape index (κ1) is 7.63. The van der Waals surface area contributed by atoms with Crippen LogP contribution in [0.3, 0.4) is 0 Å². The molecular weight excluding hydrogens is 178 g/mol. The minimum absolute atomic E-state index is 0.113. The van der Waals surface area contributed by atoms with E-state index in [-0.39, 0.29) is 11.9 Å². The first-order chi connectivity index (χ1) is 5.86. The Kier molecular flexibility index (Phi) is 2.01. The Labute approximate surface area is 72.9 Å². The normalized spacial score (nSPS) is 17.0. The van der Waals surface area contributed by atoms with E-state index < -0.39 is 0 Å². The molecule has 2 heterocycles. The highest BCUT2D eigenvalue weighted by Gasteiger charge is 2.21. The van der Waals surface area contributed by atoms with E-state index in [1.807, 2.05) is 0 Å². The van der Waals surface area contributed by atoms with Gasteiger partial charge in [0.25, 0.3) is 5.91 Å². The lowest BCUT2D eigenvalue weighted by atomic mass is 10.2. The van der Waals surface area contributed by atoms with Gasteiger partial charge in [-0.1, -0.05) is 4.49 Å². The van der Waals surface area contributed by atoms with E-state index >= 15 is 0 Å². The van der Waals surface area contributed by atoms with Gasteiger partial charge in [0, 0.05) is 0 Å². The molecule has 64 valence electrons. The van der Waals surface area contributed by atoms with E-state index in [4.69, 9.17) is 4.74 Å². The first-order valence-corrected chi connectivity index (χ1v) is 4.29. The van der Waals surface area contributed by atoms with E-state index in [2.05, 4.69) is 14.9 Å². The molecule has 0 aromatic carbocycles. The highest BCUT2D eigenvalue weighted by atomic mass is 32.1. The van der Waals surface area contributed by atoms with Gasteiger partial charge in [-0.3, -0.25) is 4.79 Å². The Morgan fingerprint density at radius 2 is 2.58 bits per heavy atom. The summed E-state index contributed by atoms with van der Waals surface area (Å²) in [6.07, 6.45) is 1.46. The van der Waals surface area contributed by atoms with Gasteiger partial charge in [-0.25, -0.2) is 0 Å². The highest BCUT2D eigenvalue weighted by Crippen LogP contribution is 2.05. The second kappa shape index (κ2) is 3.16. The average molecular weight is 185 g/mol. The van der Waals surface area contributed by atoms with Crippen LogP contribution in [0.25, 0.3) is 0 Å². The molecule has 1 aliphatic rings. The maximum absolute atomic E-state index is 11.3. The fraction of sp³-hybridized carbons (Fsp3) is 0.500. The Hall–Kier alpha value is -1.01. The van der Waals surface area contributed by atoms with Crippen LogP contribution in [-0.4, -0.2) is 34.7 Å². The standard InChI is InChI=1S/C6H7N3O2S/c10-6(5-1-7-9-12-5)8-4-2-11-3-4/h1,4H,2-3H2,(H,8,10). The molecular formula is C6H7N3O2S. The predicted octanol–water partition coefficient (Wildman–Crippen LogP) is -0.333. The molecule has 2 rings (SSSR count). The number of nitrogens with one attached hydrogen (secondary N) is 1. The zero-order valence-electron chi connectivity index (χ0n) is 6.19. The molecule has 1 fully saturated rings. The third-order valence-electron chi connectivity index (χ3n) is 1.56. The number of hydrogen-bond donors (Lipinski definition) is 1. The average Bonchev–Trinajstić information content (AvgIpc) is 2.47. The van der Waals surface area contributed by atoms with Crippen LogP contribution >= 0.6 is 11.5 Å². The zero-order chi connectivity index (χ0) is 8.39. The van der Waals surface area contributed by atoms with Gasteiger partial charge in [0.1, 0.15) is 4.88 Å². The summed E-state index contributed by atoms with van der Waals surface area (Å²) in [7, 11) is 0. The summed E-state index contributed by atoms with van der Waals surface area (Å²) in [6, 6.07) is 0.166. The lowest BCUT2D eigenvalue weighted by Gasteiger charge is -2.26. The van der Waals surface area contributed by atoms with Gasteiger partial charge in [0.2, 0.25) is 0 Å². The van der Waals surface area contributed by atoms with Crippen LogP contribution in [-0.2, 0) is 4.74 Å². The Bertz CT molecular complexity index is 270. The minimum atomic E-state index is -0.113. The van der Waals surface area contributed by atoms with Crippen LogP contribution in [0.4, 0.5) is 0 Å². The molecule has 12 heavy (non-hydrogen) atoms. The molecule has 0 atom stereocenters. The van der Waals surface area contributed by atoms with Gasteiger partial charge in [0.15, 0.2) is 0 Å². The highest BCUT2D eigenvalue weighted by molar-refractivity contribution is 7.07. The Morgan fingerprint density at radius 3 is 3.08 bits per heavy atom. The second-order valence-electron chi connectivity index (χ2n) is 2.49. The number of carbonyl (C=O) groups excluding carboxylic acids is 1. The van der Waals surface area contributed by atoms with Gasteiger partial charge in [0.05, 0.1) is 25.5 Å². The van der Waals surface area contributed by atoms with Crippen LogP contribution in [0.2, 0.25) is 0 Å². The summed E-state index contributed by atoms with van der Waals surface area (Å²) < 4.78 is 8.50. The monoisotopic (exact) mass is 185 g/mol. The van der Waals surface area contributed by atoms with Crippen molar-refractivity contribution in [3.63, 3.8) is 0 Å². The smallest absolute Gasteiger partial charge is 0.265 e. The van der Waals surface area contributed by atoms with Crippen molar-refractivity contribution in [2.24, 2.45) is 0 Å². The van der Waals surface area contributed by atoms with Gasteiger partial charge >= 0.3 is 0 Å². The number of aromatic nitrogens is 2. The Morgan fingerprint density at radius 1 is 1.75 bits per heavy atom. The number of ether oxygens (including phenoxy) is 1. The van der Waals surface area contributed by atoms with E-state index in [1.54, 1.807) is 0 Å². The molecule has 0 saturated carbocycles. The molecule has 5 nitrogen and oxygen atoms in total. The second-order valence-corrected chi connectivity index (χ2v) is 3.28. The summed E-state index contributed by atoms with van der Waals surface area (Å²) in [5, 5.41) is 6.36. The molecule has 0 unspecified atom stereocenters. The third kappa shape index (κ3) is 1.44. The van der Waals surface area contributed by atoms with Crippen LogP contribution in [0.1, 0.15) is 9.67 Å². The van der Waals surface area contributed by atoms with Crippen LogP contribution < -0.4 is 5.32 Å². The molecule has 1 aromatic heterocycles. The third-order valence-corrected chi connectivity index (χ3v) is 2.22. The van der Waals surface area contributed by atoms with Crippen LogP contribution in [0.5, 0.6) is 0 Å². The van der Waals surface area contributed by atoms with E-state index in [0.717, 1.165) is 11.5 Å². The largest absolute Gasteiger partial charge is 0.377 e. The van der Waals surface area contributed by atoms with Gasteiger partial charge in [-0.15, -0.1) is 5.10 Å². The topological polar surface area (TPSA) is 64.1 Å². The lowest BCUT2D eigenvalue weighted by molar-refractivity contribution is -0.00339. The van der Waals surface area contributed by atoms with E-state index in [9.17, 15) is 4.79 Å². The molecule has 1 amide bonds. The number of amides is 1. The molecule has 1 aliphatic heterocycles. The predicted molar refractivity (Wildman–Crippen MR) is 42.0 cm³/mol. The maximum atomic E-state index is 11.3. The fourth-order valence-electron chi connectivity index (χ4n) is 0.843. The summed E-state index contributed by atoms with van der Waals surface area (Å²) in [5.74, 6) is -0.113. The summed E-state index contributed by atoms with van der Waals surface area (Å²) in [4.78, 5) is 11.8. The summed E-state index contributed by atoms with van der Waals surface area (Å²) >= 11 is 1.09. The summed E-state index contributed by atoms with van der Waals surface area (Å²) in [5.41, 5.74) is 0. The number of nitrogens with zero attached hydrogens (tertiary/aromatic N) is 2. The van der Waals surface area contributed by atoms with Crippen molar-refractivity contribution < 1.29 is 9.53 Å². The molecule has 0 bridgehead atoms. The van der Waals surface area contributed by atoms with Gasteiger partial charge < -0.3 is 10.1 Å². The molecule has 6 heteroatoms. The molecule has 1 N–H and O–H groups in total. The van der Waals surface area contributed by atoms with Crippen molar-refractivity contribution in [2.45, 2.75) is 6.04 Å². The number of rotatable bonds is 2. The minimum Gasteiger partial charge on any atom is -0.377 e. The van der Waals surface area contributed by atoms with Crippen molar-refractivity contribution >= 4 is 17.4 Å². The fourth-order valence-corrected chi connectivity index (χ4v) is 1.26. The van der Waals surface area contributed by atoms with E-state index in [0.29, 0.717) is 18.1 Å². The lowest BCUT2D eigenvalue weighted by Crippen LogP contribution is -2.48. The maximum Gasteiger partial charge on any atom is 0.265 e. The van der Waals surface area contributed by atoms with Crippen LogP contribution in [0, 0.1) is 0 Å². The summed E-state index contributed by atoms with van der Waals surface area (Å²) in [6.45, 7) is 1.22. The van der Waals surface area contributed by atoms with E-state index in [1.165, 1.54) is 6.20 Å². The molecule has 1 aromatic rings. The zero-order valence-corrected chi connectivity index (χ0v) is 7.00. The SMILES string of the molecule is O=C(NC1COC1)c1cnns1. The first-order valence-electron chi connectivity index (χ1n) is 3.52. The van der Waals surface area contributed by atoms with Crippen molar-refractivity contribution in [1.29, 1.82) is 0 Å². The van der Waals surface area contributed by atoms with Crippen molar-refractivity contribution in [1.82, 2.24) is 14.9 Å². The Balaban J connectivity index is 1.92. The quantitative estimate of drug-likeness (QED) is 0.685. The number of carbonyl (C=O) groups is 1. The molecule has 0 radical (unpaired) electrons. The van der Waals surface area contributed by atoms with Gasteiger partial charge in [-0.05, 0) is 11.5 Å². The van der Waals surface area contributed by atoms with Crippen LogP contribution in [0.15, 0.2) is 6.20 Å².